The molecule has 0 radical (unpaired) electrons. The van der Waals surface area contributed by atoms with Crippen LogP contribution in [0.2, 0.25) is 0 Å². The Bertz CT molecular complexity index is 704. The zero-order chi connectivity index (χ0) is 13.2. The molecule has 2 heterocycles. The molecule has 0 N–H and O–H groups in total. The molecule has 0 aliphatic carbocycles. The van der Waals surface area contributed by atoms with Gasteiger partial charge in [-0.3, -0.25) is 4.68 Å². The molecule has 19 heavy (non-hydrogen) atoms. The third kappa shape index (κ3) is 2.29. The highest BCUT2D eigenvalue weighted by Gasteiger charge is 2.07. The summed E-state index contributed by atoms with van der Waals surface area (Å²) in [5.74, 6) is 0.771. The van der Waals surface area contributed by atoms with Crippen molar-refractivity contribution in [2.75, 3.05) is 0 Å². The van der Waals surface area contributed by atoms with Gasteiger partial charge in [0, 0.05) is 12.4 Å². The van der Waals surface area contributed by atoms with Crippen molar-refractivity contribution in [2.24, 2.45) is 7.05 Å². The SMILES string of the molecule is Cc1nn(C)c2ncc(OCc3ccccc3)cc12. The lowest BCUT2D eigenvalue weighted by Crippen LogP contribution is -1.96. The summed E-state index contributed by atoms with van der Waals surface area (Å²) in [5, 5.41) is 5.38. The van der Waals surface area contributed by atoms with Gasteiger partial charge in [0.1, 0.15) is 12.4 Å². The predicted octanol–water partition coefficient (Wildman–Crippen LogP) is 2.86. The highest BCUT2D eigenvalue weighted by molar-refractivity contribution is 5.79. The maximum Gasteiger partial charge on any atom is 0.157 e. The molecule has 0 bridgehead atoms. The summed E-state index contributed by atoms with van der Waals surface area (Å²) in [6.07, 6.45) is 1.74. The number of fused-ring (bicyclic) bond motifs is 1. The molecule has 4 nitrogen and oxygen atoms in total. The number of benzene rings is 1. The molecule has 0 atom stereocenters. The minimum absolute atomic E-state index is 0.549. The minimum atomic E-state index is 0.549. The van der Waals surface area contributed by atoms with Crippen LogP contribution in [0.15, 0.2) is 42.6 Å². The van der Waals surface area contributed by atoms with Gasteiger partial charge in [0.2, 0.25) is 0 Å². The maximum atomic E-state index is 5.76. The van der Waals surface area contributed by atoms with E-state index in [1.54, 1.807) is 10.9 Å². The molecule has 0 aliphatic heterocycles. The third-order valence-corrected chi connectivity index (χ3v) is 3.09. The molecule has 0 unspecified atom stereocenters. The molecule has 3 aromatic rings. The average molecular weight is 253 g/mol. The molecule has 0 saturated heterocycles. The molecule has 0 fully saturated rings. The van der Waals surface area contributed by atoms with Gasteiger partial charge in [-0.05, 0) is 18.6 Å². The fraction of sp³-hybridized carbons (Fsp3) is 0.200. The van der Waals surface area contributed by atoms with Gasteiger partial charge >= 0.3 is 0 Å². The standard InChI is InChI=1S/C15H15N3O/c1-11-14-8-13(9-16-15(14)18(2)17-11)19-10-12-6-4-3-5-7-12/h3-9H,10H2,1-2H3. The summed E-state index contributed by atoms with van der Waals surface area (Å²) < 4.78 is 7.55. The molecule has 2 aromatic heterocycles. The largest absolute Gasteiger partial charge is 0.487 e. The first kappa shape index (κ1) is 11.7. The summed E-state index contributed by atoms with van der Waals surface area (Å²) in [7, 11) is 1.90. The van der Waals surface area contributed by atoms with Crippen LogP contribution >= 0.6 is 0 Å². The lowest BCUT2D eigenvalue weighted by atomic mass is 10.2. The first-order valence-electron chi connectivity index (χ1n) is 6.20. The van der Waals surface area contributed by atoms with Crippen molar-refractivity contribution in [3.63, 3.8) is 0 Å². The monoisotopic (exact) mass is 253 g/mol. The van der Waals surface area contributed by atoms with Gasteiger partial charge in [-0.15, -0.1) is 0 Å². The lowest BCUT2D eigenvalue weighted by molar-refractivity contribution is 0.305. The number of rotatable bonds is 3. The van der Waals surface area contributed by atoms with E-state index in [9.17, 15) is 0 Å². The van der Waals surface area contributed by atoms with E-state index < -0.39 is 0 Å². The van der Waals surface area contributed by atoms with E-state index in [0.717, 1.165) is 28.0 Å². The number of aromatic nitrogens is 3. The van der Waals surface area contributed by atoms with E-state index >= 15 is 0 Å². The van der Waals surface area contributed by atoms with Crippen LogP contribution < -0.4 is 4.74 Å². The van der Waals surface area contributed by atoms with Crippen molar-refractivity contribution in [3.05, 3.63) is 53.9 Å². The Labute approximate surface area is 111 Å². The van der Waals surface area contributed by atoms with Crippen LogP contribution in [0, 0.1) is 6.92 Å². The second-order valence-corrected chi connectivity index (χ2v) is 4.53. The fourth-order valence-corrected chi connectivity index (χ4v) is 2.11. The van der Waals surface area contributed by atoms with Crippen molar-refractivity contribution in [2.45, 2.75) is 13.5 Å². The number of hydrogen-bond donors (Lipinski definition) is 0. The van der Waals surface area contributed by atoms with Gasteiger partial charge in [0.25, 0.3) is 0 Å². The van der Waals surface area contributed by atoms with E-state index in [0.29, 0.717) is 6.61 Å². The first-order chi connectivity index (χ1) is 9.24. The van der Waals surface area contributed by atoms with Gasteiger partial charge < -0.3 is 4.74 Å². The summed E-state index contributed by atoms with van der Waals surface area (Å²) in [6, 6.07) is 12.1. The van der Waals surface area contributed by atoms with Crippen LogP contribution in [0.25, 0.3) is 11.0 Å². The van der Waals surface area contributed by atoms with Crippen molar-refractivity contribution in [1.82, 2.24) is 14.8 Å². The van der Waals surface area contributed by atoms with E-state index in [1.807, 2.05) is 50.4 Å². The second-order valence-electron chi connectivity index (χ2n) is 4.53. The molecule has 0 saturated carbocycles. The third-order valence-electron chi connectivity index (χ3n) is 3.09. The van der Waals surface area contributed by atoms with E-state index in [-0.39, 0.29) is 0 Å². The smallest absolute Gasteiger partial charge is 0.157 e. The van der Waals surface area contributed by atoms with Crippen LogP contribution in [0.3, 0.4) is 0 Å². The normalized spacial score (nSPS) is 10.8. The number of nitrogens with zero attached hydrogens (tertiary/aromatic N) is 3. The zero-order valence-electron chi connectivity index (χ0n) is 11.0. The topological polar surface area (TPSA) is 39.9 Å². The van der Waals surface area contributed by atoms with Crippen LogP contribution in [0.1, 0.15) is 11.3 Å². The van der Waals surface area contributed by atoms with Crippen molar-refractivity contribution in [3.8, 4) is 5.75 Å². The number of aryl methyl sites for hydroxylation is 2. The Kier molecular flexibility index (Phi) is 2.91. The molecule has 0 amide bonds. The molecular formula is C15H15N3O. The Balaban J connectivity index is 1.84. The number of hydrogen-bond acceptors (Lipinski definition) is 3. The van der Waals surface area contributed by atoms with Crippen LogP contribution in [0.4, 0.5) is 0 Å². The highest BCUT2D eigenvalue weighted by Crippen LogP contribution is 2.21. The lowest BCUT2D eigenvalue weighted by Gasteiger charge is -2.06. The highest BCUT2D eigenvalue weighted by atomic mass is 16.5. The van der Waals surface area contributed by atoms with Crippen molar-refractivity contribution >= 4 is 11.0 Å². The Morgan fingerprint density at radius 2 is 2.00 bits per heavy atom. The van der Waals surface area contributed by atoms with Crippen LogP contribution in [0.5, 0.6) is 5.75 Å². The van der Waals surface area contributed by atoms with E-state index in [1.165, 1.54) is 0 Å². The van der Waals surface area contributed by atoms with Crippen LogP contribution in [-0.2, 0) is 13.7 Å². The summed E-state index contributed by atoms with van der Waals surface area (Å²) >= 11 is 0. The minimum Gasteiger partial charge on any atom is -0.487 e. The van der Waals surface area contributed by atoms with Gasteiger partial charge in [-0.2, -0.15) is 5.10 Å². The van der Waals surface area contributed by atoms with Crippen molar-refractivity contribution < 1.29 is 4.74 Å². The van der Waals surface area contributed by atoms with Gasteiger partial charge in [0.05, 0.1) is 11.9 Å². The number of ether oxygens (including phenoxy) is 1. The Morgan fingerprint density at radius 3 is 2.79 bits per heavy atom. The fourth-order valence-electron chi connectivity index (χ4n) is 2.11. The van der Waals surface area contributed by atoms with E-state index in [2.05, 4.69) is 10.1 Å². The average Bonchev–Trinajstić information content (AvgIpc) is 2.73. The molecular weight excluding hydrogens is 238 g/mol. The van der Waals surface area contributed by atoms with Crippen LogP contribution in [-0.4, -0.2) is 14.8 Å². The molecule has 0 spiro atoms. The van der Waals surface area contributed by atoms with Gasteiger partial charge in [0.15, 0.2) is 5.65 Å². The van der Waals surface area contributed by atoms with E-state index in [4.69, 9.17) is 4.74 Å². The maximum absolute atomic E-state index is 5.76. The van der Waals surface area contributed by atoms with Gasteiger partial charge in [-0.25, -0.2) is 4.98 Å². The molecule has 0 aliphatic rings. The quantitative estimate of drug-likeness (QED) is 0.720. The van der Waals surface area contributed by atoms with Gasteiger partial charge in [-0.1, -0.05) is 30.3 Å². The molecule has 4 heteroatoms. The zero-order valence-corrected chi connectivity index (χ0v) is 11.0. The molecule has 1 aromatic carbocycles. The summed E-state index contributed by atoms with van der Waals surface area (Å²) in [6.45, 7) is 2.53. The predicted molar refractivity (Wildman–Crippen MR) is 74.0 cm³/mol. The second kappa shape index (κ2) is 4.72. The number of pyridine rings is 1. The first-order valence-corrected chi connectivity index (χ1v) is 6.20. The summed E-state index contributed by atoms with van der Waals surface area (Å²) in [5.41, 5.74) is 2.99. The molecule has 3 rings (SSSR count). The molecule has 96 valence electrons. The summed E-state index contributed by atoms with van der Waals surface area (Å²) in [4.78, 5) is 4.39. The Hall–Kier alpha value is -2.36. The van der Waals surface area contributed by atoms with Crippen molar-refractivity contribution in [1.29, 1.82) is 0 Å². The Morgan fingerprint density at radius 1 is 1.21 bits per heavy atom.